The number of rotatable bonds is 12. The summed E-state index contributed by atoms with van der Waals surface area (Å²) in [5.74, 6) is 0.382. The molecule has 1 heterocycles. The van der Waals surface area contributed by atoms with Crippen molar-refractivity contribution in [2.45, 2.75) is 46.1 Å². The predicted octanol–water partition coefficient (Wildman–Crippen LogP) is 4.99. The molecule has 1 saturated heterocycles. The van der Waals surface area contributed by atoms with Gasteiger partial charge in [0.1, 0.15) is 11.5 Å². The van der Waals surface area contributed by atoms with Crippen LogP contribution in [-0.2, 0) is 9.59 Å². The molecule has 1 aliphatic heterocycles. The number of methoxy groups -OCH3 is 1. The standard InChI is InChI=1S/C30H40N2O6/c1-8-37-23-13-12-21(17-22(23)19(3)4)28(33)26-27(20-11-14-24(38-9-2)25(18-20)36-7)32(30(35)29(26)34)16-10-15-31(5)6/h11-14,17-19,27,33H,8-10,15-16H2,1-7H3/b28-26+. The zero-order valence-corrected chi connectivity index (χ0v) is 23.5. The van der Waals surface area contributed by atoms with E-state index in [0.29, 0.717) is 48.8 Å². The number of amides is 1. The number of aliphatic hydroxyl groups is 1. The molecule has 2 aromatic rings. The van der Waals surface area contributed by atoms with Gasteiger partial charge in [-0.25, -0.2) is 0 Å². The van der Waals surface area contributed by atoms with Crippen molar-refractivity contribution in [1.82, 2.24) is 9.80 Å². The van der Waals surface area contributed by atoms with E-state index in [1.54, 1.807) is 36.3 Å². The molecular formula is C30H40N2O6. The topological polar surface area (TPSA) is 88.5 Å². The number of benzene rings is 2. The van der Waals surface area contributed by atoms with Crippen LogP contribution < -0.4 is 14.2 Å². The lowest BCUT2D eigenvalue weighted by atomic mass is 9.93. The smallest absolute Gasteiger partial charge is 0.295 e. The lowest BCUT2D eigenvalue weighted by Gasteiger charge is -2.26. The Labute approximate surface area is 225 Å². The summed E-state index contributed by atoms with van der Waals surface area (Å²) in [6.45, 7) is 9.97. The highest BCUT2D eigenvalue weighted by molar-refractivity contribution is 6.46. The molecule has 8 heteroatoms. The number of hydrogen-bond donors (Lipinski definition) is 1. The van der Waals surface area contributed by atoms with Crippen LogP contribution in [0.1, 0.15) is 62.8 Å². The minimum Gasteiger partial charge on any atom is -0.507 e. The van der Waals surface area contributed by atoms with Crippen molar-refractivity contribution in [3.63, 3.8) is 0 Å². The monoisotopic (exact) mass is 524 g/mol. The molecule has 0 aromatic heterocycles. The van der Waals surface area contributed by atoms with Gasteiger partial charge in [0.2, 0.25) is 0 Å². The summed E-state index contributed by atoms with van der Waals surface area (Å²) in [5, 5.41) is 11.5. The number of carbonyl (C=O) groups excluding carboxylic acids is 2. The Morgan fingerprint density at radius 2 is 1.66 bits per heavy atom. The maximum absolute atomic E-state index is 13.4. The van der Waals surface area contributed by atoms with Crippen LogP contribution in [0.5, 0.6) is 17.2 Å². The van der Waals surface area contributed by atoms with Gasteiger partial charge in [-0.3, -0.25) is 9.59 Å². The fourth-order valence-corrected chi connectivity index (χ4v) is 4.73. The van der Waals surface area contributed by atoms with Gasteiger partial charge in [-0.05, 0) is 88.3 Å². The van der Waals surface area contributed by atoms with Gasteiger partial charge in [0.25, 0.3) is 11.7 Å². The molecule has 0 spiro atoms. The molecule has 0 saturated carbocycles. The molecule has 8 nitrogen and oxygen atoms in total. The fraction of sp³-hybridized carbons (Fsp3) is 0.467. The molecule has 38 heavy (non-hydrogen) atoms. The number of aliphatic hydroxyl groups excluding tert-OH is 1. The minimum absolute atomic E-state index is 0.0601. The Morgan fingerprint density at radius 1 is 1.00 bits per heavy atom. The van der Waals surface area contributed by atoms with Crippen molar-refractivity contribution < 1.29 is 28.9 Å². The number of ketones is 1. The van der Waals surface area contributed by atoms with Crippen molar-refractivity contribution in [2.24, 2.45) is 0 Å². The summed E-state index contributed by atoms with van der Waals surface area (Å²) in [6.07, 6.45) is 0.672. The molecule has 0 aliphatic carbocycles. The van der Waals surface area contributed by atoms with Crippen LogP contribution in [0.25, 0.3) is 5.76 Å². The Bertz CT molecular complexity index is 1190. The normalized spacial score (nSPS) is 17.0. The third-order valence-corrected chi connectivity index (χ3v) is 6.55. The van der Waals surface area contributed by atoms with Gasteiger partial charge in [-0.2, -0.15) is 0 Å². The number of carbonyl (C=O) groups is 2. The summed E-state index contributed by atoms with van der Waals surface area (Å²) in [5.41, 5.74) is 2.10. The maximum atomic E-state index is 13.4. The predicted molar refractivity (Wildman–Crippen MR) is 148 cm³/mol. The van der Waals surface area contributed by atoms with Gasteiger partial charge in [-0.1, -0.05) is 19.9 Å². The van der Waals surface area contributed by atoms with Gasteiger partial charge in [-0.15, -0.1) is 0 Å². The summed E-state index contributed by atoms with van der Waals surface area (Å²) in [6, 6.07) is 9.94. The van der Waals surface area contributed by atoms with E-state index in [9.17, 15) is 14.7 Å². The van der Waals surface area contributed by atoms with E-state index >= 15 is 0 Å². The molecule has 1 aliphatic rings. The number of Topliss-reactive ketones (excluding diaryl/α,β-unsaturated/α-hetero) is 1. The van der Waals surface area contributed by atoms with E-state index in [-0.39, 0.29) is 17.3 Å². The molecule has 3 rings (SSSR count). The maximum Gasteiger partial charge on any atom is 0.295 e. The first-order chi connectivity index (χ1) is 18.1. The van der Waals surface area contributed by atoms with Crippen LogP contribution in [0, 0.1) is 0 Å². The summed E-state index contributed by atoms with van der Waals surface area (Å²) in [7, 11) is 5.46. The van der Waals surface area contributed by atoms with E-state index < -0.39 is 17.7 Å². The molecule has 1 fully saturated rings. The SMILES string of the molecule is CCOc1ccc(C2/C(=C(\O)c3ccc(OCC)c(C(C)C)c3)C(=O)C(=O)N2CCCN(C)C)cc1OC. The summed E-state index contributed by atoms with van der Waals surface area (Å²) < 4.78 is 17.0. The number of nitrogens with zero attached hydrogens (tertiary/aromatic N) is 2. The summed E-state index contributed by atoms with van der Waals surface area (Å²) in [4.78, 5) is 30.3. The molecule has 1 N–H and O–H groups in total. The molecule has 1 atom stereocenters. The first-order valence-corrected chi connectivity index (χ1v) is 13.1. The second-order valence-corrected chi connectivity index (χ2v) is 9.83. The Morgan fingerprint density at radius 3 is 2.26 bits per heavy atom. The Hall–Kier alpha value is -3.52. The lowest BCUT2D eigenvalue weighted by Crippen LogP contribution is -2.32. The summed E-state index contributed by atoms with van der Waals surface area (Å²) >= 11 is 0. The fourth-order valence-electron chi connectivity index (χ4n) is 4.73. The van der Waals surface area contributed by atoms with E-state index in [1.807, 2.05) is 58.8 Å². The average Bonchev–Trinajstić information content (AvgIpc) is 3.13. The van der Waals surface area contributed by atoms with E-state index in [1.165, 1.54) is 0 Å². The highest BCUT2D eigenvalue weighted by atomic mass is 16.5. The molecule has 1 amide bonds. The van der Waals surface area contributed by atoms with Crippen molar-refractivity contribution in [3.8, 4) is 17.2 Å². The average molecular weight is 525 g/mol. The minimum atomic E-state index is -0.768. The van der Waals surface area contributed by atoms with Crippen LogP contribution in [0.2, 0.25) is 0 Å². The second kappa shape index (κ2) is 12.8. The number of hydrogen-bond acceptors (Lipinski definition) is 7. The van der Waals surface area contributed by atoms with Gasteiger partial charge in [0.15, 0.2) is 11.5 Å². The quantitative estimate of drug-likeness (QED) is 0.238. The van der Waals surface area contributed by atoms with Gasteiger partial charge < -0.3 is 29.1 Å². The van der Waals surface area contributed by atoms with Crippen LogP contribution >= 0.6 is 0 Å². The Kier molecular flexibility index (Phi) is 9.80. The van der Waals surface area contributed by atoms with Crippen molar-refractivity contribution in [1.29, 1.82) is 0 Å². The highest BCUT2D eigenvalue weighted by Crippen LogP contribution is 2.42. The van der Waals surface area contributed by atoms with Crippen LogP contribution in [0.3, 0.4) is 0 Å². The zero-order valence-electron chi connectivity index (χ0n) is 23.5. The third-order valence-electron chi connectivity index (χ3n) is 6.55. The molecule has 0 radical (unpaired) electrons. The number of ether oxygens (including phenoxy) is 3. The number of likely N-dealkylation sites (tertiary alicyclic amines) is 1. The largest absolute Gasteiger partial charge is 0.507 e. The van der Waals surface area contributed by atoms with Crippen LogP contribution in [0.4, 0.5) is 0 Å². The first kappa shape index (κ1) is 29.0. The van der Waals surface area contributed by atoms with E-state index in [2.05, 4.69) is 0 Å². The third kappa shape index (κ3) is 6.13. The van der Waals surface area contributed by atoms with Crippen LogP contribution in [0.15, 0.2) is 42.0 Å². The van der Waals surface area contributed by atoms with E-state index in [4.69, 9.17) is 14.2 Å². The van der Waals surface area contributed by atoms with Crippen molar-refractivity contribution in [3.05, 3.63) is 58.7 Å². The van der Waals surface area contributed by atoms with Crippen molar-refractivity contribution >= 4 is 17.4 Å². The van der Waals surface area contributed by atoms with Gasteiger partial charge in [0.05, 0.1) is 31.9 Å². The lowest BCUT2D eigenvalue weighted by molar-refractivity contribution is -0.139. The van der Waals surface area contributed by atoms with Gasteiger partial charge in [0, 0.05) is 12.1 Å². The zero-order chi connectivity index (χ0) is 28.0. The highest BCUT2D eigenvalue weighted by Gasteiger charge is 2.46. The molecule has 1 unspecified atom stereocenters. The van der Waals surface area contributed by atoms with E-state index in [0.717, 1.165) is 17.9 Å². The molecule has 2 aromatic carbocycles. The molecular weight excluding hydrogens is 484 g/mol. The van der Waals surface area contributed by atoms with Gasteiger partial charge >= 0.3 is 0 Å². The first-order valence-electron chi connectivity index (χ1n) is 13.1. The van der Waals surface area contributed by atoms with Crippen molar-refractivity contribution in [2.75, 3.05) is 47.5 Å². The molecule has 0 bridgehead atoms. The Balaban J connectivity index is 2.18. The van der Waals surface area contributed by atoms with Crippen LogP contribution in [-0.4, -0.2) is 74.1 Å². The molecule has 206 valence electrons. The second-order valence-electron chi connectivity index (χ2n) is 9.83.